The fraction of sp³-hybridized carbons (Fsp3) is 0.300. The van der Waals surface area contributed by atoms with Crippen LogP contribution in [0.25, 0.3) is 0 Å². The molecule has 0 aliphatic heterocycles. The molecule has 0 saturated heterocycles. The molecule has 76 valence electrons. The van der Waals surface area contributed by atoms with Crippen LogP contribution in [0.2, 0.25) is 0 Å². The van der Waals surface area contributed by atoms with Crippen LogP contribution in [-0.2, 0) is 4.79 Å². The summed E-state index contributed by atoms with van der Waals surface area (Å²) in [6, 6.07) is 6.99. The summed E-state index contributed by atoms with van der Waals surface area (Å²) in [6.45, 7) is 1.71. The van der Waals surface area contributed by atoms with Gasteiger partial charge in [-0.15, -0.1) is 0 Å². The monoisotopic (exact) mass is 258 g/mol. The second-order valence-corrected chi connectivity index (χ2v) is 3.63. The number of hydrogen-bond acceptors (Lipinski definition) is 3. The SMILES string of the molecule is CC[C@H](O)C(=O)Oc1ccccc1Br. The number of aliphatic hydroxyl groups excluding tert-OH is 1. The van der Waals surface area contributed by atoms with Crippen molar-refractivity contribution in [2.75, 3.05) is 0 Å². The summed E-state index contributed by atoms with van der Waals surface area (Å²) in [5.74, 6) is -0.204. The van der Waals surface area contributed by atoms with Gasteiger partial charge in [0.2, 0.25) is 0 Å². The van der Waals surface area contributed by atoms with E-state index in [1.54, 1.807) is 25.1 Å². The van der Waals surface area contributed by atoms with E-state index in [9.17, 15) is 9.90 Å². The lowest BCUT2D eigenvalue weighted by molar-refractivity contribution is -0.143. The molecule has 0 aromatic heterocycles. The second-order valence-electron chi connectivity index (χ2n) is 2.78. The van der Waals surface area contributed by atoms with E-state index in [2.05, 4.69) is 15.9 Å². The first-order valence-corrected chi connectivity index (χ1v) is 5.08. The van der Waals surface area contributed by atoms with Crippen molar-refractivity contribution in [2.45, 2.75) is 19.4 Å². The maximum atomic E-state index is 11.2. The molecule has 1 aromatic carbocycles. The summed E-state index contributed by atoms with van der Waals surface area (Å²) >= 11 is 3.24. The number of para-hydroxylation sites is 1. The third-order valence-electron chi connectivity index (χ3n) is 1.71. The second kappa shape index (κ2) is 5.12. The predicted molar refractivity (Wildman–Crippen MR) is 56.1 cm³/mol. The van der Waals surface area contributed by atoms with E-state index in [1.807, 2.05) is 6.07 Å². The van der Waals surface area contributed by atoms with E-state index in [0.717, 1.165) is 0 Å². The zero-order valence-corrected chi connectivity index (χ0v) is 9.32. The van der Waals surface area contributed by atoms with E-state index in [1.165, 1.54) is 0 Å². The number of benzene rings is 1. The summed E-state index contributed by atoms with van der Waals surface area (Å²) in [5, 5.41) is 9.19. The lowest BCUT2D eigenvalue weighted by atomic mass is 10.3. The Balaban J connectivity index is 2.70. The fourth-order valence-electron chi connectivity index (χ4n) is 0.871. The van der Waals surface area contributed by atoms with Crippen LogP contribution < -0.4 is 4.74 Å². The van der Waals surface area contributed by atoms with Crippen molar-refractivity contribution in [3.63, 3.8) is 0 Å². The maximum Gasteiger partial charge on any atom is 0.340 e. The first-order chi connectivity index (χ1) is 6.65. The highest BCUT2D eigenvalue weighted by molar-refractivity contribution is 9.10. The average molecular weight is 259 g/mol. The van der Waals surface area contributed by atoms with Gasteiger partial charge < -0.3 is 9.84 Å². The molecular weight excluding hydrogens is 248 g/mol. The zero-order valence-electron chi connectivity index (χ0n) is 7.74. The number of halogens is 1. The molecule has 1 rings (SSSR count). The minimum atomic E-state index is -1.05. The van der Waals surface area contributed by atoms with Crippen molar-refractivity contribution in [3.8, 4) is 5.75 Å². The first-order valence-electron chi connectivity index (χ1n) is 4.29. The molecule has 0 fully saturated rings. The third-order valence-corrected chi connectivity index (χ3v) is 2.36. The van der Waals surface area contributed by atoms with Gasteiger partial charge in [0.25, 0.3) is 0 Å². The number of esters is 1. The molecule has 4 heteroatoms. The summed E-state index contributed by atoms with van der Waals surface area (Å²) < 4.78 is 5.65. The summed E-state index contributed by atoms with van der Waals surface area (Å²) in [5.41, 5.74) is 0. The molecule has 0 aliphatic carbocycles. The fourth-order valence-corrected chi connectivity index (χ4v) is 1.24. The minimum Gasteiger partial charge on any atom is -0.423 e. The van der Waals surface area contributed by atoms with Crippen molar-refractivity contribution in [2.24, 2.45) is 0 Å². The summed E-state index contributed by atoms with van der Waals surface area (Å²) in [6.07, 6.45) is -0.703. The molecule has 14 heavy (non-hydrogen) atoms. The van der Waals surface area contributed by atoms with Crippen LogP contribution in [0.3, 0.4) is 0 Å². The predicted octanol–water partition coefficient (Wildman–Crippen LogP) is 2.13. The van der Waals surface area contributed by atoms with E-state index in [0.29, 0.717) is 16.6 Å². The Morgan fingerprint density at radius 3 is 2.79 bits per heavy atom. The van der Waals surface area contributed by atoms with Crippen molar-refractivity contribution in [1.29, 1.82) is 0 Å². The van der Waals surface area contributed by atoms with Crippen molar-refractivity contribution < 1.29 is 14.6 Å². The summed E-state index contributed by atoms with van der Waals surface area (Å²) in [4.78, 5) is 11.2. The Bertz CT molecular complexity index is 325. The van der Waals surface area contributed by atoms with E-state index in [4.69, 9.17) is 4.74 Å². The molecule has 0 saturated carbocycles. The van der Waals surface area contributed by atoms with Gasteiger partial charge in [0.1, 0.15) is 5.75 Å². The average Bonchev–Trinajstić information content (AvgIpc) is 2.20. The summed E-state index contributed by atoms with van der Waals surface area (Å²) in [7, 11) is 0. The van der Waals surface area contributed by atoms with Crippen LogP contribution in [0.15, 0.2) is 28.7 Å². The topological polar surface area (TPSA) is 46.5 Å². The number of hydrogen-bond donors (Lipinski definition) is 1. The van der Waals surface area contributed by atoms with Gasteiger partial charge in [0, 0.05) is 0 Å². The normalized spacial score (nSPS) is 12.2. The number of aliphatic hydroxyl groups is 1. The van der Waals surface area contributed by atoms with E-state index >= 15 is 0 Å². The van der Waals surface area contributed by atoms with Gasteiger partial charge in [-0.1, -0.05) is 19.1 Å². The lowest BCUT2D eigenvalue weighted by Gasteiger charge is -2.08. The third kappa shape index (κ3) is 2.82. The highest BCUT2D eigenvalue weighted by Gasteiger charge is 2.15. The highest BCUT2D eigenvalue weighted by Crippen LogP contribution is 2.24. The van der Waals surface area contributed by atoms with E-state index in [-0.39, 0.29) is 0 Å². The van der Waals surface area contributed by atoms with Gasteiger partial charge in [0.15, 0.2) is 6.10 Å². The van der Waals surface area contributed by atoms with Crippen LogP contribution in [0.4, 0.5) is 0 Å². The van der Waals surface area contributed by atoms with Gasteiger partial charge in [-0.25, -0.2) is 4.79 Å². The van der Waals surface area contributed by atoms with Gasteiger partial charge >= 0.3 is 5.97 Å². The zero-order chi connectivity index (χ0) is 10.6. The molecular formula is C10H11BrO3. The van der Waals surface area contributed by atoms with Crippen molar-refractivity contribution in [3.05, 3.63) is 28.7 Å². The first kappa shape index (κ1) is 11.2. The van der Waals surface area contributed by atoms with Crippen LogP contribution in [0.1, 0.15) is 13.3 Å². The largest absolute Gasteiger partial charge is 0.423 e. The minimum absolute atomic E-state index is 0.350. The standard InChI is InChI=1S/C10H11BrO3/c1-2-8(12)10(13)14-9-6-4-3-5-7(9)11/h3-6,8,12H,2H2,1H3/t8-/m0/s1. The van der Waals surface area contributed by atoms with E-state index < -0.39 is 12.1 Å². The molecule has 0 unspecified atom stereocenters. The van der Waals surface area contributed by atoms with Crippen LogP contribution in [-0.4, -0.2) is 17.2 Å². The number of rotatable bonds is 3. The Hall–Kier alpha value is -0.870. The van der Waals surface area contributed by atoms with Gasteiger partial charge in [-0.05, 0) is 34.5 Å². The van der Waals surface area contributed by atoms with Gasteiger partial charge in [0.05, 0.1) is 4.47 Å². The van der Waals surface area contributed by atoms with Crippen LogP contribution >= 0.6 is 15.9 Å². The number of carbonyl (C=O) groups excluding carboxylic acids is 1. The Morgan fingerprint density at radius 2 is 2.21 bits per heavy atom. The molecule has 0 spiro atoms. The molecule has 1 N–H and O–H groups in total. The molecule has 0 aliphatic rings. The van der Waals surface area contributed by atoms with Crippen molar-refractivity contribution in [1.82, 2.24) is 0 Å². The molecule has 1 aromatic rings. The quantitative estimate of drug-likeness (QED) is 0.668. The Kier molecular flexibility index (Phi) is 4.10. The maximum absolute atomic E-state index is 11.2. The van der Waals surface area contributed by atoms with Gasteiger partial charge in [-0.2, -0.15) is 0 Å². The van der Waals surface area contributed by atoms with Gasteiger partial charge in [-0.3, -0.25) is 0 Å². The molecule has 0 bridgehead atoms. The molecule has 0 amide bonds. The molecule has 3 nitrogen and oxygen atoms in total. The number of ether oxygens (including phenoxy) is 1. The van der Waals surface area contributed by atoms with Crippen LogP contribution in [0.5, 0.6) is 5.75 Å². The highest BCUT2D eigenvalue weighted by atomic mass is 79.9. The molecule has 1 atom stereocenters. The molecule has 0 radical (unpaired) electrons. The Labute approximate surface area is 90.8 Å². The smallest absolute Gasteiger partial charge is 0.340 e. The van der Waals surface area contributed by atoms with Crippen molar-refractivity contribution >= 4 is 21.9 Å². The van der Waals surface area contributed by atoms with Crippen LogP contribution in [0, 0.1) is 0 Å². The number of carbonyl (C=O) groups is 1. The Morgan fingerprint density at radius 1 is 1.57 bits per heavy atom. The molecule has 0 heterocycles. The lowest BCUT2D eigenvalue weighted by Crippen LogP contribution is -2.24.